The molecule has 2 N–H and O–H groups in total. The fourth-order valence-electron chi connectivity index (χ4n) is 3.76. The lowest BCUT2D eigenvalue weighted by molar-refractivity contribution is 0.460. The van der Waals surface area contributed by atoms with Crippen LogP contribution in [0.2, 0.25) is 0 Å². The van der Waals surface area contributed by atoms with Gasteiger partial charge < -0.3 is 10.2 Å². The Bertz CT molecular complexity index is 934. The maximum absolute atomic E-state index is 11.7. The standard InChI is InChI=1S/C23H32N4O2S.HI/c1-3-25-23(27-14-13-22(17-27)15-19-7-5-4-6-8-19)26-16-20-9-11-21(12-10-20)18-30(28,29)24-2;/h4-12,22,24H,3,13-18H2,1-2H3,(H,25,26);1H. The summed E-state index contributed by atoms with van der Waals surface area (Å²) in [5.41, 5.74) is 3.23. The van der Waals surface area contributed by atoms with Gasteiger partial charge in [-0.25, -0.2) is 18.1 Å². The van der Waals surface area contributed by atoms with Crippen LogP contribution in [0.1, 0.15) is 30.0 Å². The predicted octanol–water partition coefficient (Wildman–Crippen LogP) is 3.38. The summed E-state index contributed by atoms with van der Waals surface area (Å²) in [6, 6.07) is 18.3. The molecule has 8 heteroatoms. The highest BCUT2D eigenvalue weighted by molar-refractivity contribution is 14.0. The summed E-state index contributed by atoms with van der Waals surface area (Å²) in [6.07, 6.45) is 2.28. The summed E-state index contributed by atoms with van der Waals surface area (Å²) in [5.74, 6) is 1.59. The second-order valence-electron chi connectivity index (χ2n) is 7.74. The van der Waals surface area contributed by atoms with Gasteiger partial charge in [0.2, 0.25) is 10.0 Å². The number of halogens is 1. The molecule has 2 aromatic rings. The minimum atomic E-state index is -3.25. The first kappa shape index (κ1) is 25.6. The van der Waals surface area contributed by atoms with Crippen molar-refractivity contribution < 1.29 is 8.42 Å². The first-order valence-corrected chi connectivity index (χ1v) is 12.2. The van der Waals surface area contributed by atoms with Gasteiger partial charge in [-0.2, -0.15) is 0 Å². The molecule has 3 rings (SSSR count). The van der Waals surface area contributed by atoms with E-state index in [0.717, 1.165) is 43.1 Å². The van der Waals surface area contributed by atoms with Gasteiger partial charge in [0, 0.05) is 19.6 Å². The van der Waals surface area contributed by atoms with Crippen LogP contribution in [0.4, 0.5) is 0 Å². The lowest BCUT2D eigenvalue weighted by Gasteiger charge is -2.22. The van der Waals surface area contributed by atoms with Gasteiger partial charge in [0.25, 0.3) is 0 Å². The fraction of sp³-hybridized carbons (Fsp3) is 0.435. The number of hydrogen-bond donors (Lipinski definition) is 2. The van der Waals surface area contributed by atoms with Crippen molar-refractivity contribution in [2.24, 2.45) is 10.9 Å². The maximum Gasteiger partial charge on any atom is 0.215 e. The van der Waals surface area contributed by atoms with E-state index in [4.69, 9.17) is 4.99 Å². The molecular weight excluding hydrogens is 523 g/mol. The molecule has 2 aromatic carbocycles. The van der Waals surface area contributed by atoms with Crippen molar-refractivity contribution in [1.82, 2.24) is 14.9 Å². The molecular formula is C23H33IN4O2S. The summed E-state index contributed by atoms with van der Waals surface area (Å²) in [4.78, 5) is 7.18. The van der Waals surface area contributed by atoms with E-state index in [-0.39, 0.29) is 29.7 Å². The quantitative estimate of drug-likeness (QED) is 0.297. The number of aliphatic imine (C=N–C) groups is 1. The average molecular weight is 557 g/mol. The van der Waals surface area contributed by atoms with Gasteiger partial charge in [-0.3, -0.25) is 0 Å². The number of likely N-dealkylation sites (tertiary alicyclic amines) is 1. The van der Waals surface area contributed by atoms with Crippen molar-refractivity contribution in [2.75, 3.05) is 26.7 Å². The van der Waals surface area contributed by atoms with Crippen LogP contribution in [-0.4, -0.2) is 46.0 Å². The Morgan fingerprint density at radius 1 is 1.06 bits per heavy atom. The first-order chi connectivity index (χ1) is 14.5. The van der Waals surface area contributed by atoms with E-state index in [2.05, 4.69) is 52.2 Å². The van der Waals surface area contributed by atoms with Crippen molar-refractivity contribution in [3.8, 4) is 0 Å². The minimum absolute atomic E-state index is 0. The molecule has 31 heavy (non-hydrogen) atoms. The third kappa shape index (κ3) is 8.08. The number of rotatable bonds is 8. The highest BCUT2D eigenvalue weighted by atomic mass is 127. The summed E-state index contributed by atoms with van der Waals surface area (Å²) in [6.45, 7) is 5.52. The molecule has 1 aliphatic heterocycles. The van der Waals surface area contributed by atoms with Gasteiger partial charge in [-0.1, -0.05) is 54.6 Å². The van der Waals surface area contributed by atoms with E-state index in [1.165, 1.54) is 19.0 Å². The van der Waals surface area contributed by atoms with E-state index < -0.39 is 10.0 Å². The molecule has 0 aromatic heterocycles. The Morgan fingerprint density at radius 3 is 2.39 bits per heavy atom. The molecule has 1 saturated heterocycles. The Morgan fingerprint density at radius 2 is 1.74 bits per heavy atom. The van der Waals surface area contributed by atoms with Crippen LogP contribution in [0.3, 0.4) is 0 Å². The zero-order valence-electron chi connectivity index (χ0n) is 18.3. The van der Waals surface area contributed by atoms with Crippen molar-refractivity contribution in [3.05, 3.63) is 71.3 Å². The normalized spacial score (nSPS) is 16.8. The summed E-state index contributed by atoms with van der Waals surface area (Å²) < 4.78 is 25.7. The monoisotopic (exact) mass is 556 g/mol. The van der Waals surface area contributed by atoms with E-state index in [1.807, 2.05) is 24.3 Å². The Labute approximate surface area is 203 Å². The number of nitrogens with zero attached hydrogens (tertiary/aromatic N) is 2. The molecule has 1 fully saturated rings. The van der Waals surface area contributed by atoms with Crippen LogP contribution in [-0.2, 0) is 28.7 Å². The van der Waals surface area contributed by atoms with Crippen LogP contribution in [0, 0.1) is 5.92 Å². The van der Waals surface area contributed by atoms with Crippen LogP contribution < -0.4 is 10.0 Å². The van der Waals surface area contributed by atoms with Crippen molar-refractivity contribution in [1.29, 1.82) is 0 Å². The zero-order valence-corrected chi connectivity index (χ0v) is 21.4. The largest absolute Gasteiger partial charge is 0.357 e. The average Bonchev–Trinajstić information content (AvgIpc) is 3.21. The van der Waals surface area contributed by atoms with Crippen LogP contribution >= 0.6 is 24.0 Å². The van der Waals surface area contributed by atoms with Crippen molar-refractivity contribution in [3.63, 3.8) is 0 Å². The summed E-state index contributed by atoms with van der Waals surface area (Å²) >= 11 is 0. The Hall–Kier alpha value is -1.65. The molecule has 0 aliphatic carbocycles. The smallest absolute Gasteiger partial charge is 0.215 e. The Kier molecular flexibility index (Phi) is 10.2. The van der Waals surface area contributed by atoms with E-state index in [9.17, 15) is 8.42 Å². The number of benzene rings is 2. The van der Waals surface area contributed by atoms with E-state index in [1.54, 1.807) is 0 Å². The molecule has 1 aliphatic rings. The molecule has 0 amide bonds. The second kappa shape index (κ2) is 12.4. The van der Waals surface area contributed by atoms with Crippen molar-refractivity contribution in [2.45, 2.75) is 32.1 Å². The number of sulfonamides is 1. The van der Waals surface area contributed by atoms with E-state index >= 15 is 0 Å². The molecule has 1 atom stereocenters. The lowest BCUT2D eigenvalue weighted by Crippen LogP contribution is -2.40. The molecule has 6 nitrogen and oxygen atoms in total. The van der Waals surface area contributed by atoms with Gasteiger partial charge >= 0.3 is 0 Å². The summed E-state index contributed by atoms with van der Waals surface area (Å²) in [5, 5.41) is 3.42. The lowest BCUT2D eigenvalue weighted by atomic mass is 9.99. The fourth-order valence-corrected chi connectivity index (χ4v) is 4.54. The van der Waals surface area contributed by atoms with Crippen LogP contribution in [0.15, 0.2) is 59.6 Å². The maximum atomic E-state index is 11.7. The zero-order chi connectivity index (χ0) is 21.4. The van der Waals surface area contributed by atoms with Crippen molar-refractivity contribution >= 4 is 40.0 Å². The first-order valence-electron chi connectivity index (χ1n) is 10.6. The second-order valence-corrected chi connectivity index (χ2v) is 9.67. The Balaban J connectivity index is 0.00000341. The summed E-state index contributed by atoms with van der Waals surface area (Å²) in [7, 11) is -1.82. The molecule has 0 bridgehead atoms. The predicted molar refractivity (Wildman–Crippen MR) is 138 cm³/mol. The molecule has 0 spiro atoms. The number of nitrogens with one attached hydrogen (secondary N) is 2. The topological polar surface area (TPSA) is 73.8 Å². The molecule has 1 unspecified atom stereocenters. The molecule has 1 heterocycles. The van der Waals surface area contributed by atoms with E-state index in [0.29, 0.717) is 12.5 Å². The minimum Gasteiger partial charge on any atom is -0.357 e. The number of guanidine groups is 1. The van der Waals surface area contributed by atoms with Crippen LogP contribution in [0.25, 0.3) is 0 Å². The third-order valence-corrected chi connectivity index (χ3v) is 6.72. The highest BCUT2D eigenvalue weighted by Gasteiger charge is 2.24. The van der Waals surface area contributed by atoms with Gasteiger partial charge in [-0.05, 0) is 49.4 Å². The van der Waals surface area contributed by atoms with Gasteiger partial charge in [0.15, 0.2) is 5.96 Å². The van der Waals surface area contributed by atoms with Crippen LogP contribution in [0.5, 0.6) is 0 Å². The molecule has 170 valence electrons. The molecule has 0 radical (unpaired) electrons. The van der Waals surface area contributed by atoms with Gasteiger partial charge in [-0.15, -0.1) is 24.0 Å². The number of hydrogen-bond acceptors (Lipinski definition) is 3. The highest BCUT2D eigenvalue weighted by Crippen LogP contribution is 2.21. The third-order valence-electron chi connectivity index (χ3n) is 5.39. The van der Waals surface area contributed by atoms with Gasteiger partial charge in [0.1, 0.15) is 0 Å². The molecule has 0 saturated carbocycles. The van der Waals surface area contributed by atoms with Gasteiger partial charge in [0.05, 0.1) is 12.3 Å². The SMILES string of the molecule is CCNC(=NCc1ccc(CS(=O)(=O)NC)cc1)N1CCC(Cc2ccccc2)C1.I.